The topological polar surface area (TPSA) is 125 Å². The van der Waals surface area contributed by atoms with Crippen molar-refractivity contribution in [3.8, 4) is 0 Å². The Balaban J connectivity index is 2.17. The molecule has 2 heterocycles. The minimum atomic E-state index is -3.24. The molecule has 0 unspecified atom stereocenters. The number of fused-ring (bicyclic) bond motifs is 1. The Kier molecular flexibility index (Phi) is 3.81. The van der Waals surface area contributed by atoms with Gasteiger partial charge >= 0.3 is 0 Å². The van der Waals surface area contributed by atoms with Crippen molar-refractivity contribution in [2.24, 2.45) is 0 Å². The van der Waals surface area contributed by atoms with Crippen LogP contribution in [-0.2, 0) is 10.0 Å². The highest BCUT2D eigenvalue weighted by Crippen LogP contribution is 2.17. The van der Waals surface area contributed by atoms with Crippen LogP contribution < -0.4 is 15.4 Å². The van der Waals surface area contributed by atoms with E-state index in [1.54, 1.807) is 7.05 Å². The first-order valence-electron chi connectivity index (χ1n) is 5.59. The Bertz CT molecular complexity index is 666. The fraction of sp³-hybridized carbons (Fsp3) is 0.444. The lowest BCUT2D eigenvalue weighted by atomic mass is 10.5. The molecule has 9 nitrogen and oxygen atoms in total. The van der Waals surface area contributed by atoms with E-state index in [1.807, 2.05) is 0 Å². The molecule has 0 amide bonds. The summed E-state index contributed by atoms with van der Waals surface area (Å²) < 4.78 is 24.9. The zero-order chi connectivity index (χ0) is 13.9. The summed E-state index contributed by atoms with van der Waals surface area (Å²) in [6, 6.07) is 0. The molecule has 0 radical (unpaired) electrons. The summed E-state index contributed by atoms with van der Waals surface area (Å²) in [5.41, 5.74) is 1.15. The van der Waals surface area contributed by atoms with Gasteiger partial charge in [0.05, 0.1) is 12.1 Å². The van der Waals surface area contributed by atoms with Gasteiger partial charge in [-0.3, -0.25) is 0 Å². The van der Waals surface area contributed by atoms with E-state index in [4.69, 9.17) is 0 Å². The first-order valence-corrected chi connectivity index (χ1v) is 7.25. The Morgan fingerprint density at radius 2 is 2.11 bits per heavy atom. The largest absolute Gasteiger partial charge is 0.367 e. The number of nitrogens with one attached hydrogen (secondary N) is 4. The number of H-pyrrole nitrogens is 1. The van der Waals surface area contributed by atoms with Crippen molar-refractivity contribution < 1.29 is 8.42 Å². The molecule has 19 heavy (non-hydrogen) atoms. The fourth-order valence-corrected chi connectivity index (χ4v) is 2.05. The smallest absolute Gasteiger partial charge is 0.226 e. The second-order valence-electron chi connectivity index (χ2n) is 3.70. The van der Waals surface area contributed by atoms with E-state index in [1.165, 1.54) is 13.4 Å². The van der Waals surface area contributed by atoms with E-state index in [9.17, 15) is 8.42 Å². The maximum Gasteiger partial charge on any atom is 0.226 e. The third-order valence-corrected chi connectivity index (χ3v) is 3.85. The number of nitrogens with zero attached hydrogens (tertiary/aromatic N) is 3. The molecular weight excluding hydrogens is 270 g/mol. The summed E-state index contributed by atoms with van der Waals surface area (Å²) in [4.78, 5) is 15.3. The normalized spacial score (nSPS) is 11.7. The van der Waals surface area contributed by atoms with E-state index < -0.39 is 10.0 Å². The van der Waals surface area contributed by atoms with Gasteiger partial charge in [-0.05, 0) is 7.05 Å². The van der Waals surface area contributed by atoms with Gasteiger partial charge in [-0.25, -0.2) is 18.1 Å². The predicted octanol–water partition coefficient (Wildman–Crippen LogP) is -0.644. The number of imidazole rings is 1. The number of hydrogen-bond donors (Lipinski definition) is 4. The van der Waals surface area contributed by atoms with Gasteiger partial charge in [0, 0.05) is 13.6 Å². The molecule has 0 spiro atoms. The fourth-order valence-electron chi connectivity index (χ4n) is 1.48. The van der Waals surface area contributed by atoms with Crippen LogP contribution in [0.25, 0.3) is 11.2 Å². The lowest BCUT2D eigenvalue weighted by Crippen LogP contribution is -2.26. The lowest BCUT2D eigenvalue weighted by Gasteiger charge is -2.08. The second-order valence-corrected chi connectivity index (χ2v) is 5.74. The molecule has 0 saturated carbocycles. The Morgan fingerprint density at radius 1 is 1.32 bits per heavy atom. The van der Waals surface area contributed by atoms with Crippen molar-refractivity contribution in [3.63, 3.8) is 0 Å². The summed E-state index contributed by atoms with van der Waals surface area (Å²) >= 11 is 0. The number of aromatic amines is 1. The van der Waals surface area contributed by atoms with Crippen LogP contribution in [0, 0.1) is 0 Å². The van der Waals surface area contributed by atoms with Crippen LogP contribution in [0.4, 0.5) is 11.8 Å². The Hall–Kier alpha value is -1.94. The molecule has 0 aliphatic carbocycles. The zero-order valence-corrected chi connectivity index (χ0v) is 11.4. The molecule has 0 aliphatic heterocycles. The van der Waals surface area contributed by atoms with Gasteiger partial charge in [0.1, 0.15) is 5.52 Å². The maximum absolute atomic E-state index is 11.3. The molecule has 2 aromatic rings. The minimum absolute atomic E-state index is 0.0436. The number of rotatable bonds is 6. The molecule has 4 N–H and O–H groups in total. The molecule has 104 valence electrons. The first-order chi connectivity index (χ1) is 9.05. The summed E-state index contributed by atoms with van der Waals surface area (Å²) in [5.74, 6) is 0.884. The standard InChI is InChI=1S/C9H15N7O2S/c1-10-9-15-7(6-8(16-9)14-5-13-6)12-3-4-19(17,18)11-2/h5,11H,3-4H2,1-2H3,(H3,10,12,13,14,15,16). The first kappa shape index (κ1) is 13.5. The van der Waals surface area contributed by atoms with Crippen LogP contribution in [-0.4, -0.2) is 54.7 Å². The van der Waals surface area contributed by atoms with Crippen LogP contribution in [0.15, 0.2) is 6.33 Å². The minimum Gasteiger partial charge on any atom is -0.367 e. The van der Waals surface area contributed by atoms with Crippen molar-refractivity contribution in [2.45, 2.75) is 0 Å². The average Bonchev–Trinajstić information content (AvgIpc) is 2.86. The highest BCUT2D eigenvalue weighted by molar-refractivity contribution is 7.89. The van der Waals surface area contributed by atoms with E-state index in [0.29, 0.717) is 22.9 Å². The molecule has 0 bridgehead atoms. The van der Waals surface area contributed by atoms with Gasteiger partial charge in [0.25, 0.3) is 0 Å². The van der Waals surface area contributed by atoms with Crippen LogP contribution in [0.2, 0.25) is 0 Å². The van der Waals surface area contributed by atoms with Crippen molar-refractivity contribution in [2.75, 3.05) is 37.0 Å². The monoisotopic (exact) mass is 285 g/mol. The molecule has 0 aromatic carbocycles. The number of sulfonamides is 1. The quantitative estimate of drug-likeness (QED) is 0.556. The molecule has 0 aliphatic rings. The van der Waals surface area contributed by atoms with Crippen LogP contribution in [0.5, 0.6) is 0 Å². The van der Waals surface area contributed by atoms with Gasteiger partial charge in [0.2, 0.25) is 16.0 Å². The van der Waals surface area contributed by atoms with Crippen LogP contribution in [0.1, 0.15) is 0 Å². The van der Waals surface area contributed by atoms with Gasteiger partial charge in [-0.2, -0.15) is 9.97 Å². The van der Waals surface area contributed by atoms with Crippen molar-refractivity contribution >= 4 is 33.0 Å². The van der Waals surface area contributed by atoms with Gasteiger partial charge in [0.15, 0.2) is 11.5 Å². The maximum atomic E-state index is 11.3. The predicted molar refractivity (Wildman–Crippen MR) is 72.6 cm³/mol. The van der Waals surface area contributed by atoms with E-state index in [0.717, 1.165) is 0 Å². The van der Waals surface area contributed by atoms with E-state index >= 15 is 0 Å². The van der Waals surface area contributed by atoms with Gasteiger partial charge in [-0.15, -0.1) is 0 Å². The summed E-state index contributed by atoms with van der Waals surface area (Å²) in [7, 11) is -0.164. The van der Waals surface area contributed by atoms with Crippen molar-refractivity contribution in [3.05, 3.63) is 6.33 Å². The number of aromatic nitrogens is 4. The van der Waals surface area contributed by atoms with E-state index in [-0.39, 0.29) is 12.3 Å². The SMILES string of the molecule is CNc1nc(NCCS(=O)(=O)NC)c2[nH]cnc2n1. The highest BCUT2D eigenvalue weighted by Gasteiger charge is 2.11. The summed E-state index contributed by atoms with van der Waals surface area (Å²) in [5, 5.41) is 5.78. The van der Waals surface area contributed by atoms with Gasteiger partial charge < -0.3 is 15.6 Å². The summed E-state index contributed by atoms with van der Waals surface area (Å²) in [6.45, 7) is 0.234. The van der Waals surface area contributed by atoms with E-state index in [2.05, 4.69) is 35.3 Å². The molecule has 0 saturated heterocycles. The molecule has 2 aromatic heterocycles. The molecule has 0 atom stereocenters. The van der Waals surface area contributed by atoms with Crippen LogP contribution >= 0.6 is 0 Å². The van der Waals surface area contributed by atoms with Crippen molar-refractivity contribution in [1.82, 2.24) is 24.7 Å². The third-order valence-electron chi connectivity index (χ3n) is 2.48. The lowest BCUT2D eigenvalue weighted by molar-refractivity contribution is 0.588. The average molecular weight is 285 g/mol. The second kappa shape index (κ2) is 5.36. The summed E-state index contributed by atoms with van der Waals surface area (Å²) in [6.07, 6.45) is 1.51. The number of hydrogen-bond acceptors (Lipinski definition) is 7. The Morgan fingerprint density at radius 3 is 2.79 bits per heavy atom. The van der Waals surface area contributed by atoms with Crippen LogP contribution in [0.3, 0.4) is 0 Å². The molecule has 2 rings (SSSR count). The zero-order valence-electron chi connectivity index (χ0n) is 10.6. The van der Waals surface area contributed by atoms with Gasteiger partial charge in [-0.1, -0.05) is 0 Å². The molecular formula is C9H15N7O2S. The third kappa shape index (κ3) is 3.09. The molecule has 10 heteroatoms. The Labute approximate surface area is 110 Å². The highest BCUT2D eigenvalue weighted by atomic mass is 32.2. The van der Waals surface area contributed by atoms with Crippen molar-refractivity contribution in [1.29, 1.82) is 0 Å². The number of anilines is 2. The molecule has 0 fully saturated rings.